The maximum atomic E-state index is 3.48. The molecule has 1 N–H and O–H groups in total. The van der Waals surface area contributed by atoms with Gasteiger partial charge in [-0.2, -0.15) is 0 Å². The first-order chi connectivity index (χ1) is 8.74. The van der Waals surface area contributed by atoms with Crippen molar-refractivity contribution in [3.8, 4) is 0 Å². The van der Waals surface area contributed by atoms with Crippen molar-refractivity contribution < 1.29 is 0 Å². The third-order valence-electron chi connectivity index (χ3n) is 4.30. The van der Waals surface area contributed by atoms with Gasteiger partial charge in [0.05, 0.1) is 0 Å². The smallest absolute Gasteiger partial charge is 0.0449 e. The maximum Gasteiger partial charge on any atom is 0.0449 e. The highest BCUT2D eigenvalue weighted by atomic mass is 15.2. The van der Waals surface area contributed by atoms with E-state index in [-0.39, 0.29) is 0 Å². The second kappa shape index (κ2) is 6.35. The van der Waals surface area contributed by atoms with Gasteiger partial charge < -0.3 is 10.2 Å². The zero-order valence-corrected chi connectivity index (χ0v) is 11.9. The number of benzene rings is 1. The average molecular weight is 246 g/mol. The largest absolute Gasteiger partial charge is 0.312 e. The summed E-state index contributed by atoms with van der Waals surface area (Å²) in [7, 11) is 2.07. The Kier molecular flexibility index (Phi) is 4.79. The summed E-state index contributed by atoms with van der Waals surface area (Å²) in [6.07, 6.45) is 2.70. The lowest BCUT2D eigenvalue weighted by Gasteiger charge is -2.25. The highest BCUT2D eigenvalue weighted by Gasteiger charge is 2.23. The fourth-order valence-electron chi connectivity index (χ4n) is 2.99. The number of aryl methyl sites for hydroxylation is 1. The van der Waals surface area contributed by atoms with E-state index in [1.165, 1.54) is 37.1 Å². The lowest BCUT2D eigenvalue weighted by atomic mass is 10.0. The first kappa shape index (κ1) is 13.6. The minimum Gasteiger partial charge on any atom is -0.312 e. The molecule has 18 heavy (non-hydrogen) atoms. The molecule has 0 saturated carbocycles. The first-order valence-electron chi connectivity index (χ1n) is 7.19. The summed E-state index contributed by atoms with van der Waals surface area (Å²) in [5.74, 6) is 0.916. The first-order valence-corrected chi connectivity index (χ1v) is 7.19. The minimum absolute atomic E-state index is 0.460. The van der Waals surface area contributed by atoms with Crippen LogP contribution in [0.25, 0.3) is 0 Å². The van der Waals surface area contributed by atoms with E-state index in [1.807, 2.05) is 0 Å². The van der Waals surface area contributed by atoms with Crippen molar-refractivity contribution in [3.05, 3.63) is 35.4 Å². The number of rotatable bonds is 5. The standard InChI is InChI=1S/C16H26N2/c1-4-14-9-10-18(11-14)12-16(17-3)15-8-6-5-7-13(15)2/h5-8,14,16-17H,4,9-12H2,1-3H3. The third kappa shape index (κ3) is 3.12. The van der Waals surface area contributed by atoms with Crippen LogP contribution in [0.2, 0.25) is 0 Å². The molecule has 2 unspecified atom stereocenters. The van der Waals surface area contributed by atoms with Crippen molar-refractivity contribution in [2.24, 2.45) is 5.92 Å². The molecule has 0 aliphatic carbocycles. The van der Waals surface area contributed by atoms with Gasteiger partial charge in [0.15, 0.2) is 0 Å². The Morgan fingerprint density at radius 1 is 1.39 bits per heavy atom. The van der Waals surface area contributed by atoms with Crippen molar-refractivity contribution >= 4 is 0 Å². The number of hydrogen-bond acceptors (Lipinski definition) is 2. The van der Waals surface area contributed by atoms with Crippen LogP contribution in [-0.2, 0) is 0 Å². The van der Waals surface area contributed by atoms with Crippen LogP contribution in [0.4, 0.5) is 0 Å². The molecule has 1 fully saturated rings. The molecule has 0 aromatic heterocycles. The Bertz CT molecular complexity index is 375. The van der Waals surface area contributed by atoms with Crippen molar-refractivity contribution in [1.82, 2.24) is 10.2 Å². The Morgan fingerprint density at radius 3 is 2.78 bits per heavy atom. The zero-order chi connectivity index (χ0) is 13.0. The van der Waals surface area contributed by atoms with Gasteiger partial charge in [0, 0.05) is 19.1 Å². The summed E-state index contributed by atoms with van der Waals surface area (Å²) in [5, 5.41) is 3.48. The Hall–Kier alpha value is -0.860. The van der Waals surface area contributed by atoms with Gasteiger partial charge in [0.25, 0.3) is 0 Å². The summed E-state index contributed by atoms with van der Waals surface area (Å²) < 4.78 is 0. The van der Waals surface area contributed by atoms with Crippen LogP contribution in [0.5, 0.6) is 0 Å². The molecule has 2 rings (SSSR count). The predicted molar refractivity (Wildman–Crippen MR) is 77.8 cm³/mol. The molecule has 1 aliphatic heterocycles. The fourth-order valence-corrected chi connectivity index (χ4v) is 2.99. The minimum atomic E-state index is 0.460. The van der Waals surface area contributed by atoms with Crippen LogP contribution >= 0.6 is 0 Å². The van der Waals surface area contributed by atoms with Crippen LogP contribution in [-0.4, -0.2) is 31.6 Å². The number of likely N-dealkylation sites (N-methyl/N-ethyl adjacent to an activating group) is 1. The van der Waals surface area contributed by atoms with Gasteiger partial charge >= 0.3 is 0 Å². The Balaban J connectivity index is 2.00. The molecule has 0 radical (unpaired) electrons. The van der Waals surface area contributed by atoms with Gasteiger partial charge in [0.2, 0.25) is 0 Å². The van der Waals surface area contributed by atoms with E-state index in [9.17, 15) is 0 Å². The highest BCUT2D eigenvalue weighted by Crippen LogP contribution is 2.23. The van der Waals surface area contributed by atoms with E-state index in [2.05, 4.69) is 55.4 Å². The van der Waals surface area contributed by atoms with Crippen molar-refractivity contribution in [2.75, 3.05) is 26.7 Å². The quantitative estimate of drug-likeness (QED) is 0.859. The van der Waals surface area contributed by atoms with Gasteiger partial charge in [-0.3, -0.25) is 0 Å². The van der Waals surface area contributed by atoms with Crippen molar-refractivity contribution in [1.29, 1.82) is 0 Å². The van der Waals surface area contributed by atoms with E-state index < -0.39 is 0 Å². The number of nitrogens with one attached hydrogen (secondary N) is 1. The van der Waals surface area contributed by atoms with Crippen LogP contribution in [0.1, 0.15) is 36.9 Å². The summed E-state index contributed by atoms with van der Waals surface area (Å²) in [6.45, 7) is 8.20. The van der Waals surface area contributed by atoms with E-state index in [4.69, 9.17) is 0 Å². The monoisotopic (exact) mass is 246 g/mol. The van der Waals surface area contributed by atoms with Crippen LogP contribution in [0, 0.1) is 12.8 Å². The molecule has 0 amide bonds. The Labute approximate surface area is 111 Å². The number of likely N-dealkylation sites (tertiary alicyclic amines) is 1. The second-order valence-corrected chi connectivity index (χ2v) is 5.52. The van der Waals surface area contributed by atoms with Crippen LogP contribution < -0.4 is 5.32 Å². The van der Waals surface area contributed by atoms with Gasteiger partial charge in [-0.1, -0.05) is 37.6 Å². The molecule has 1 aliphatic rings. The van der Waals surface area contributed by atoms with Gasteiger partial charge in [0.1, 0.15) is 0 Å². The third-order valence-corrected chi connectivity index (χ3v) is 4.30. The van der Waals surface area contributed by atoms with Gasteiger partial charge in [-0.25, -0.2) is 0 Å². The van der Waals surface area contributed by atoms with Crippen LogP contribution in [0.15, 0.2) is 24.3 Å². The second-order valence-electron chi connectivity index (χ2n) is 5.52. The molecule has 1 aromatic rings. The number of hydrogen-bond donors (Lipinski definition) is 1. The number of nitrogens with zero attached hydrogens (tertiary/aromatic N) is 1. The summed E-state index contributed by atoms with van der Waals surface area (Å²) in [5.41, 5.74) is 2.84. The van der Waals surface area contributed by atoms with E-state index in [0.29, 0.717) is 6.04 Å². The lowest BCUT2D eigenvalue weighted by molar-refractivity contribution is 0.287. The molecule has 1 heterocycles. The van der Waals surface area contributed by atoms with Gasteiger partial charge in [-0.05, 0) is 44.0 Å². The molecule has 2 nitrogen and oxygen atoms in total. The molecule has 1 aromatic carbocycles. The van der Waals surface area contributed by atoms with Gasteiger partial charge in [-0.15, -0.1) is 0 Å². The molecular formula is C16H26N2. The molecule has 2 atom stereocenters. The highest BCUT2D eigenvalue weighted by molar-refractivity contribution is 5.29. The summed E-state index contributed by atoms with van der Waals surface area (Å²) in [4.78, 5) is 2.61. The SMILES string of the molecule is CCC1CCN(CC(NC)c2ccccc2C)C1. The normalized spacial score (nSPS) is 22.3. The van der Waals surface area contributed by atoms with Crippen LogP contribution in [0.3, 0.4) is 0 Å². The average Bonchev–Trinajstić information content (AvgIpc) is 2.85. The van der Waals surface area contributed by atoms with E-state index in [1.54, 1.807) is 0 Å². The molecule has 2 heteroatoms. The van der Waals surface area contributed by atoms with E-state index >= 15 is 0 Å². The fraction of sp³-hybridized carbons (Fsp3) is 0.625. The molecule has 0 spiro atoms. The zero-order valence-electron chi connectivity index (χ0n) is 11.9. The molecule has 100 valence electrons. The topological polar surface area (TPSA) is 15.3 Å². The lowest BCUT2D eigenvalue weighted by Crippen LogP contribution is -2.32. The van der Waals surface area contributed by atoms with Crippen molar-refractivity contribution in [3.63, 3.8) is 0 Å². The van der Waals surface area contributed by atoms with E-state index in [0.717, 1.165) is 12.5 Å². The molecular weight excluding hydrogens is 220 g/mol. The summed E-state index contributed by atoms with van der Waals surface area (Å²) in [6, 6.07) is 9.18. The molecule has 1 saturated heterocycles. The summed E-state index contributed by atoms with van der Waals surface area (Å²) >= 11 is 0. The van der Waals surface area contributed by atoms with Crippen molar-refractivity contribution in [2.45, 2.75) is 32.7 Å². The Morgan fingerprint density at radius 2 is 2.17 bits per heavy atom. The predicted octanol–water partition coefficient (Wildman–Crippen LogP) is 2.99. The maximum absolute atomic E-state index is 3.48. The molecule has 0 bridgehead atoms.